The van der Waals surface area contributed by atoms with Crippen molar-refractivity contribution in [3.05, 3.63) is 64.1 Å². The van der Waals surface area contributed by atoms with Crippen LogP contribution in [0.4, 0.5) is 4.39 Å². The Bertz CT molecular complexity index is 643. The minimum atomic E-state index is -0.592. The lowest BCUT2D eigenvalue weighted by molar-refractivity contribution is 0.590. The van der Waals surface area contributed by atoms with Gasteiger partial charge in [0.2, 0.25) is 0 Å². The van der Waals surface area contributed by atoms with Gasteiger partial charge in [-0.25, -0.2) is 14.2 Å². The van der Waals surface area contributed by atoms with Gasteiger partial charge >= 0.3 is 5.69 Å². The van der Waals surface area contributed by atoms with Crippen LogP contribution >= 0.6 is 0 Å². The molecule has 5 heteroatoms. The Balaban J connectivity index is 2.42. The van der Waals surface area contributed by atoms with Gasteiger partial charge in [-0.15, -0.1) is 0 Å². The second kappa shape index (κ2) is 4.58. The summed E-state index contributed by atoms with van der Waals surface area (Å²) < 4.78 is 15.0. The van der Waals surface area contributed by atoms with Crippen LogP contribution in [0.1, 0.15) is 11.1 Å². The number of aromatic nitrogens is 2. The molecule has 0 saturated carbocycles. The van der Waals surface area contributed by atoms with Crippen LogP contribution in [0.2, 0.25) is 0 Å². The molecule has 0 unspecified atom stereocenters. The normalized spacial score (nSPS) is 9.88. The smallest absolute Gasteiger partial charge is 0.295 e. The average molecular weight is 229 g/mol. The summed E-state index contributed by atoms with van der Waals surface area (Å²) in [5.41, 5.74) is -0.187. The van der Waals surface area contributed by atoms with Crippen LogP contribution in [0.15, 0.2) is 41.5 Å². The highest BCUT2D eigenvalue weighted by Crippen LogP contribution is 2.12. The molecule has 0 atom stereocenters. The van der Waals surface area contributed by atoms with E-state index in [9.17, 15) is 9.18 Å². The summed E-state index contributed by atoms with van der Waals surface area (Å²) in [6.45, 7) is 0.0635. The summed E-state index contributed by atoms with van der Waals surface area (Å²) in [7, 11) is 0. The topological polar surface area (TPSA) is 58.7 Å². The minimum absolute atomic E-state index is 0.0283. The van der Waals surface area contributed by atoms with E-state index in [2.05, 4.69) is 4.98 Å². The van der Waals surface area contributed by atoms with Crippen molar-refractivity contribution >= 4 is 0 Å². The molecule has 0 spiro atoms. The molecule has 4 nitrogen and oxygen atoms in total. The molecule has 0 aliphatic heterocycles. The van der Waals surface area contributed by atoms with Crippen LogP contribution in [0.3, 0.4) is 0 Å². The van der Waals surface area contributed by atoms with E-state index in [1.54, 1.807) is 18.2 Å². The van der Waals surface area contributed by atoms with Crippen LogP contribution in [0, 0.1) is 17.1 Å². The molecule has 0 aliphatic carbocycles. The van der Waals surface area contributed by atoms with Crippen molar-refractivity contribution in [2.24, 2.45) is 0 Å². The molecule has 1 aromatic carbocycles. The SMILES string of the molecule is N#Cc1cccc(Cn2cccnc2=O)c1F. The maximum absolute atomic E-state index is 13.7. The van der Waals surface area contributed by atoms with Crippen molar-refractivity contribution in [3.63, 3.8) is 0 Å². The number of rotatable bonds is 2. The van der Waals surface area contributed by atoms with Crippen molar-refractivity contribution in [1.82, 2.24) is 9.55 Å². The van der Waals surface area contributed by atoms with Crippen molar-refractivity contribution < 1.29 is 4.39 Å². The van der Waals surface area contributed by atoms with Crippen LogP contribution in [-0.4, -0.2) is 9.55 Å². The monoisotopic (exact) mass is 229 g/mol. The highest BCUT2D eigenvalue weighted by molar-refractivity contribution is 5.35. The van der Waals surface area contributed by atoms with E-state index in [0.29, 0.717) is 5.56 Å². The van der Waals surface area contributed by atoms with E-state index in [4.69, 9.17) is 5.26 Å². The first kappa shape index (κ1) is 11.0. The van der Waals surface area contributed by atoms with Gasteiger partial charge in [0.05, 0.1) is 12.1 Å². The summed E-state index contributed by atoms with van der Waals surface area (Å²) in [6, 6.07) is 7.86. The van der Waals surface area contributed by atoms with Crippen molar-refractivity contribution in [3.8, 4) is 6.07 Å². The van der Waals surface area contributed by atoms with Crippen molar-refractivity contribution in [2.75, 3.05) is 0 Å². The van der Waals surface area contributed by atoms with E-state index in [0.717, 1.165) is 0 Å². The minimum Gasteiger partial charge on any atom is -0.295 e. The molecule has 0 radical (unpaired) electrons. The number of nitrogens with zero attached hydrogens (tertiary/aromatic N) is 3. The third kappa shape index (κ3) is 2.21. The fourth-order valence-corrected chi connectivity index (χ4v) is 1.48. The van der Waals surface area contributed by atoms with Gasteiger partial charge < -0.3 is 0 Å². The third-order valence-electron chi connectivity index (χ3n) is 2.32. The number of nitriles is 1. The van der Waals surface area contributed by atoms with Gasteiger partial charge in [-0.05, 0) is 12.1 Å². The van der Waals surface area contributed by atoms with Gasteiger partial charge in [0, 0.05) is 18.0 Å². The molecule has 84 valence electrons. The summed E-state index contributed by atoms with van der Waals surface area (Å²) in [5.74, 6) is -0.592. The first-order valence-electron chi connectivity index (χ1n) is 4.91. The Hall–Kier alpha value is -2.48. The van der Waals surface area contributed by atoms with Crippen LogP contribution in [0.25, 0.3) is 0 Å². The number of hydrogen-bond donors (Lipinski definition) is 0. The lowest BCUT2D eigenvalue weighted by Gasteiger charge is -2.06. The second-order valence-corrected chi connectivity index (χ2v) is 3.42. The molecule has 2 aromatic rings. The second-order valence-electron chi connectivity index (χ2n) is 3.42. The van der Waals surface area contributed by atoms with Crippen LogP contribution < -0.4 is 5.69 Å². The Morgan fingerprint density at radius 1 is 1.41 bits per heavy atom. The molecule has 0 aliphatic rings. The van der Waals surface area contributed by atoms with E-state index >= 15 is 0 Å². The summed E-state index contributed by atoms with van der Waals surface area (Å²) in [4.78, 5) is 14.9. The van der Waals surface area contributed by atoms with Gasteiger partial charge in [0.15, 0.2) is 0 Å². The molecule has 0 saturated heterocycles. The molecule has 1 heterocycles. The fraction of sp³-hybridized carbons (Fsp3) is 0.0833. The van der Waals surface area contributed by atoms with E-state index in [1.807, 2.05) is 0 Å². The zero-order valence-electron chi connectivity index (χ0n) is 8.80. The van der Waals surface area contributed by atoms with E-state index in [-0.39, 0.29) is 12.1 Å². The number of benzene rings is 1. The third-order valence-corrected chi connectivity index (χ3v) is 2.32. The lowest BCUT2D eigenvalue weighted by Crippen LogP contribution is -2.22. The predicted octanol–water partition coefficient (Wildman–Crippen LogP) is 1.30. The highest BCUT2D eigenvalue weighted by atomic mass is 19.1. The summed E-state index contributed by atoms with van der Waals surface area (Å²) in [5, 5.41) is 8.69. The maximum atomic E-state index is 13.7. The van der Waals surface area contributed by atoms with Crippen molar-refractivity contribution in [2.45, 2.75) is 6.54 Å². The van der Waals surface area contributed by atoms with Gasteiger partial charge in [-0.1, -0.05) is 12.1 Å². The highest BCUT2D eigenvalue weighted by Gasteiger charge is 2.08. The molecule has 2 rings (SSSR count). The summed E-state index contributed by atoms with van der Waals surface area (Å²) in [6.07, 6.45) is 2.90. The average Bonchev–Trinajstić information content (AvgIpc) is 2.34. The molecule has 0 N–H and O–H groups in total. The summed E-state index contributed by atoms with van der Waals surface area (Å²) >= 11 is 0. The molecule has 0 fully saturated rings. The van der Waals surface area contributed by atoms with Crippen molar-refractivity contribution in [1.29, 1.82) is 5.26 Å². The Kier molecular flexibility index (Phi) is 2.97. The van der Waals surface area contributed by atoms with E-state index < -0.39 is 11.5 Å². The van der Waals surface area contributed by atoms with Crippen LogP contribution in [-0.2, 0) is 6.54 Å². The first-order chi connectivity index (χ1) is 8.22. The van der Waals surface area contributed by atoms with Crippen LogP contribution in [0.5, 0.6) is 0 Å². The molecule has 1 aromatic heterocycles. The maximum Gasteiger partial charge on any atom is 0.347 e. The molecular formula is C12H8FN3O. The molecule has 17 heavy (non-hydrogen) atoms. The first-order valence-corrected chi connectivity index (χ1v) is 4.91. The zero-order valence-corrected chi connectivity index (χ0v) is 8.80. The lowest BCUT2D eigenvalue weighted by atomic mass is 10.1. The largest absolute Gasteiger partial charge is 0.347 e. The number of halogens is 1. The van der Waals surface area contributed by atoms with E-state index in [1.165, 1.54) is 29.1 Å². The Morgan fingerprint density at radius 2 is 2.24 bits per heavy atom. The van der Waals surface area contributed by atoms with Gasteiger partial charge in [-0.2, -0.15) is 5.26 Å². The molecule has 0 bridgehead atoms. The fourth-order valence-electron chi connectivity index (χ4n) is 1.48. The van der Waals surface area contributed by atoms with Gasteiger partial charge in [0.25, 0.3) is 0 Å². The Labute approximate surface area is 96.6 Å². The molecule has 0 amide bonds. The van der Waals surface area contributed by atoms with Gasteiger partial charge in [0.1, 0.15) is 11.9 Å². The quantitative estimate of drug-likeness (QED) is 0.779. The standard InChI is InChI=1S/C12H8FN3O/c13-11-9(7-14)3-1-4-10(11)8-16-6-2-5-15-12(16)17/h1-6H,8H2. The van der Waals surface area contributed by atoms with Gasteiger partial charge in [-0.3, -0.25) is 4.57 Å². The predicted molar refractivity (Wildman–Crippen MR) is 58.7 cm³/mol. The zero-order chi connectivity index (χ0) is 12.3. The number of hydrogen-bond acceptors (Lipinski definition) is 3. The Morgan fingerprint density at radius 3 is 2.94 bits per heavy atom. The molecular weight excluding hydrogens is 221 g/mol.